The highest BCUT2D eigenvalue weighted by Gasteiger charge is 2.21. The third-order valence-corrected chi connectivity index (χ3v) is 3.03. The fourth-order valence-corrected chi connectivity index (χ4v) is 2.39. The van der Waals surface area contributed by atoms with Gasteiger partial charge in [0.05, 0.1) is 4.91 Å². The molecule has 1 aromatic carbocycles. The number of amides is 1. The van der Waals surface area contributed by atoms with Crippen molar-refractivity contribution in [2.75, 3.05) is 0 Å². The molecule has 3 nitrogen and oxygen atoms in total. The Morgan fingerprint density at radius 2 is 1.88 bits per heavy atom. The van der Waals surface area contributed by atoms with E-state index in [4.69, 9.17) is 5.41 Å². The predicted octanol–water partition coefficient (Wildman–Crippen LogP) is 2.44. The Morgan fingerprint density at radius 1 is 1.25 bits per heavy atom. The van der Waals surface area contributed by atoms with Crippen LogP contribution in [0.15, 0.2) is 23.1 Å². The largest absolute Gasteiger partial charge is 0.301 e. The number of nitrogens with one attached hydrogen (secondary N) is 2. The topological polar surface area (TPSA) is 53.0 Å². The molecule has 0 spiro atoms. The molecule has 1 fully saturated rings. The second-order valence-corrected chi connectivity index (χ2v) is 4.87. The maximum Gasteiger partial charge on any atom is 0.264 e. The van der Waals surface area contributed by atoms with Crippen LogP contribution in [0.3, 0.4) is 0 Å². The van der Waals surface area contributed by atoms with Crippen LogP contribution in [0.1, 0.15) is 16.7 Å². The number of aryl methyl sites for hydroxylation is 2. The van der Waals surface area contributed by atoms with Gasteiger partial charge in [0, 0.05) is 0 Å². The smallest absolute Gasteiger partial charge is 0.264 e. The van der Waals surface area contributed by atoms with Gasteiger partial charge in [0.1, 0.15) is 0 Å². The van der Waals surface area contributed by atoms with Crippen molar-refractivity contribution in [3.05, 3.63) is 39.8 Å². The summed E-state index contributed by atoms with van der Waals surface area (Å²) in [5.41, 5.74) is 3.35. The van der Waals surface area contributed by atoms with Gasteiger partial charge in [0.25, 0.3) is 5.91 Å². The highest BCUT2D eigenvalue weighted by Crippen LogP contribution is 2.25. The van der Waals surface area contributed by atoms with E-state index in [0.717, 1.165) is 17.3 Å². The number of thioether (sulfide) groups is 1. The minimum Gasteiger partial charge on any atom is -0.301 e. The van der Waals surface area contributed by atoms with Crippen LogP contribution < -0.4 is 5.32 Å². The van der Waals surface area contributed by atoms with Gasteiger partial charge in [-0.25, -0.2) is 0 Å². The summed E-state index contributed by atoms with van der Waals surface area (Å²) in [6.45, 7) is 4.05. The molecule has 0 saturated carbocycles. The van der Waals surface area contributed by atoms with Gasteiger partial charge in [-0.2, -0.15) is 0 Å². The van der Waals surface area contributed by atoms with E-state index in [1.54, 1.807) is 0 Å². The Bertz CT molecular complexity index is 485. The lowest BCUT2D eigenvalue weighted by Gasteiger charge is -2.00. The Labute approximate surface area is 98.4 Å². The van der Waals surface area contributed by atoms with Crippen molar-refractivity contribution in [1.29, 1.82) is 5.41 Å². The first-order chi connectivity index (χ1) is 7.54. The summed E-state index contributed by atoms with van der Waals surface area (Å²) < 4.78 is 0. The average Bonchev–Trinajstić information content (AvgIpc) is 2.43. The number of carbonyl (C=O) groups is 1. The number of rotatable bonds is 1. The summed E-state index contributed by atoms with van der Waals surface area (Å²) in [5, 5.41) is 10.0. The summed E-state index contributed by atoms with van der Waals surface area (Å²) in [4.78, 5) is 12.0. The molecule has 16 heavy (non-hydrogen) atoms. The first-order valence-corrected chi connectivity index (χ1v) is 5.74. The lowest BCUT2D eigenvalue weighted by molar-refractivity contribution is -0.115. The maximum atomic E-state index is 11.4. The van der Waals surface area contributed by atoms with Gasteiger partial charge in [0.2, 0.25) is 0 Å². The molecule has 1 saturated heterocycles. The van der Waals surface area contributed by atoms with Crippen molar-refractivity contribution in [1.82, 2.24) is 5.32 Å². The third-order valence-electron chi connectivity index (χ3n) is 2.20. The lowest BCUT2D eigenvalue weighted by Crippen LogP contribution is -2.18. The van der Waals surface area contributed by atoms with Crippen LogP contribution in [-0.2, 0) is 4.79 Å². The van der Waals surface area contributed by atoms with E-state index in [-0.39, 0.29) is 11.1 Å². The summed E-state index contributed by atoms with van der Waals surface area (Å²) >= 11 is 1.16. The molecule has 0 unspecified atom stereocenters. The molecule has 2 rings (SSSR count). The van der Waals surface area contributed by atoms with E-state index in [1.807, 2.05) is 32.1 Å². The predicted molar refractivity (Wildman–Crippen MR) is 67.4 cm³/mol. The Kier molecular flexibility index (Phi) is 2.83. The standard InChI is InChI=1S/C12H12N2OS/c1-7-3-8(2)5-9(4-7)6-10-11(15)14-12(13)16-10/h3-6H,1-2H3,(H2,13,14,15). The molecule has 4 heteroatoms. The molecule has 2 N–H and O–H groups in total. The molecule has 82 valence electrons. The van der Waals surface area contributed by atoms with Gasteiger partial charge in [0.15, 0.2) is 5.17 Å². The molecule has 1 aliphatic rings. The molecule has 0 aliphatic carbocycles. The van der Waals surface area contributed by atoms with Crippen molar-refractivity contribution >= 4 is 28.9 Å². The quantitative estimate of drug-likeness (QED) is 0.731. The fourth-order valence-electron chi connectivity index (χ4n) is 1.69. The number of amidine groups is 1. The van der Waals surface area contributed by atoms with E-state index in [0.29, 0.717) is 4.91 Å². The van der Waals surface area contributed by atoms with Crippen molar-refractivity contribution in [3.63, 3.8) is 0 Å². The Morgan fingerprint density at radius 3 is 2.38 bits per heavy atom. The van der Waals surface area contributed by atoms with Crippen LogP contribution in [0.25, 0.3) is 6.08 Å². The molecule has 1 aliphatic heterocycles. The molecule has 1 amide bonds. The van der Waals surface area contributed by atoms with Crippen LogP contribution >= 0.6 is 11.8 Å². The third kappa shape index (κ3) is 2.33. The zero-order valence-electron chi connectivity index (χ0n) is 9.13. The summed E-state index contributed by atoms with van der Waals surface area (Å²) in [7, 11) is 0. The number of benzene rings is 1. The highest BCUT2D eigenvalue weighted by molar-refractivity contribution is 8.18. The Balaban J connectivity index is 2.36. The SMILES string of the molecule is Cc1cc(C)cc(C=C2SC(=N)NC2=O)c1. The van der Waals surface area contributed by atoms with Crippen molar-refractivity contribution < 1.29 is 4.79 Å². The summed E-state index contributed by atoms with van der Waals surface area (Å²) in [6.07, 6.45) is 1.82. The first kappa shape index (κ1) is 11.0. The van der Waals surface area contributed by atoms with Gasteiger partial charge in [-0.05, 0) is 37.2 Å². The van der Waals surface area contributed by atoms with Gasteiger partial charge in [-0.15, -0.1) is 0 Å². The summed E-state index contributed by atoms with van der Waals surface area (Å²) in [5.74, 6) is -0.186. The van der Waals surface area contributed by atoms with Crippen molar-refractivity contribution in [2.24, 2.45) is 0 Å². The van der Waals surface area contributed by atoms with E-state index in [9.17, 15) is 4.79 Å². The maximum absolute atomic E-state index is 11.4. The normalized spacial score (nSPS) is 18.0. The van der Waals surface area contributed by atoms with Gasteiger partial charge < -0.3 is 5.32 Å². The van der Waals surface area contributed by atoms with Crippen molar-refractivity contribution in [2.45, 2.75) is 13.8 Å². The number of carbonyl (C=O) groups excluding carboxylic acids is 1. The zero-order chi connectivity index (χ0) is 11.7. The molecule has 1 heterocycles. The van der Waals surface area contributed by atoms with Crippen LogP contribution in [0.4, 0.5) is 0 Å². The molecule has 0 bridgehead atoms. The molecule has 0 aromatic heterocycles. The van der Waals surface area contributed by atoms with Crippen LogP contribution in [0, 0.1) is 19.3 Å². The van der Waals surface area contributed by atoms with Gasteiger partial charge in [-0.1, -0.05) is 29.3 Å². The molecule has 0 radical (unpaired) electrons. The van der Waals surface area contributed by atoms with E-state index < -0.39 is 0 Å². The lowest BCUT2D eigenvalue weighted by atomic mass is 10.1. The van der Waals surface area contributed by atoms with Gasteiger partial charge in [-0.3, -0.25) is 10.2 Å². The second-order valence-electron chi connectivity index (χ2n) is 3.81. The minimum atomic E-state index is -0.186. The van der Waals surface area contributed by atoms with Crippen LogP contribution in [0.5, 0.6) is 0 Å². The number of hydrogen-bond donors (Lipinski definition) is 2. The zero-order valence-corrected chi connectivity index (χ0v) is 9.94. The fraction of sp³-hybridized carbons (Fsp3) is 0.167. The van der Waals surface area contributed by atoms with Crippen LogP contribution in [0.2, 0.25) is 0 Å². The molecule has 0 atom stereocenters. The second kappa shape index (κ2) is 4.14. The molecular formula is C12H12N2OS. The molecule has 1 aromatic rings. The first-order valence-electron chi connectivity index (χ1n) is 4.92. The average molecular weight is 232 g/mol. The van der Waals surface area contributed by atoms with Crippen LogP contribution in [-0.4, -0.2) is 11.1 Å². The number of hydrogen-bond acceptors (Lipinski definition) is 3. The van der Waals surface area contributed by atoms with Crippen molar-refractivity contribution in [3.8, 4) is 0 Å². The van der Waals surface area contributed by atoms with Gasteiger partial charge >= 0.3 is 0 Å². The van der Waals surface area contributed by atoms with E-state index >= 15 is 0 Å². The monoisotopic (exact) mass is 232 g/mol. The Hall–Kier alpha value is -1.55. The molecular weight excluding hydrogens is 220 g/mol. The minimum absolute atomic E-state index is 0.186. The van der Waals surface area contributed by atoms with E-state index in [2.05, 4.69) is 11.4 Å². The highest BCUT2D eigenvalue weighted by atomic mass is 32.2. The van der Waals surface area contributed by atoms with E-state index in [1.165, 1.54) is 11.1 Å². The summed E-state index contributed by atoms with van der Waals surface area (Å²) in [6, 6.07) is 6.14.